The van der Waals surface area contributed by atoms with Crippen LogP contribution in [0.2, 0.25) is 0 Å². The summed E-state index contributed by atoms with van der Waals surface area (Å²) in [7, 11) is 0. The number of carbonyl (C=O) groups excluding carboxylic acids is 1. The number of rotatable bonds is 4. The van der Waals surface area contributed by atoms with Crippen molar-refractivity contribution >= 4 is 17.3 Å². The zero-order valence-corrected chi connectivity index (χ0v) is 12.1. The highest BCUT2D eigenvalue weighted by molar-refractivity contribution is 6.00. The SMILES string of the molecule is CCOC(=O)c1cc(-c2c(C)noc2C)cc(N)c1NO. The molecule has 0 radical (unpaired) electrons. The van der Waals surface area contributed by atoms with Gasteiger partial charge in [-0.05, 0) is 38.5 Å². The molecule has 112 valence electrons. The molecule has 7 heteroatoms. The Labute approximate surface area is 121 Å². The molecule has 0 atom stereocenters. The second kappa shape index (κ2) is 5.84. The zero-order chi connectivity index (χ0) is 15.6. The van der Waals surface area contributed by atoms with E-state index in [2.05, 4.69) is 5.16 Å². The predicted octanol–water partition coefficient (Wildman–Crippen LogP) is 2.52. The summed E-state index contributed by atoms with van der Waals surface area (Å²) in [6.45, 7) is 5.49. The van der Waals surface area contributed by atoms with Crippen molar-refractivity contribution < 1.29 is 19.3 Å². The van der Waals surface area contributed by atoms with Crippen molar-refractivity contribution in [3.8, 4) is 11.1 Å². The van der Waals surface area contributed by atoms with Crippen LogP contribution in [-0.2, 0) is 4.74 Å². The molecule has 0 unspecified atom stereocenters. The molecule has 1 aromatic heterocycles. The summed E-state index contributed by atoms with van der Waals surface area (Å²) >= 11 is 0. The Morgan fingerprint density at radius 3 is 2.71 bits per heavy atom. The number of benzene rings is 1. The molecular weight excluding hydrogens is 274 g/mol. The Hall–Kier alpha value is -2.54. The van der Waals surface area contributed by atoms with E-state index in [4.69, 9.17) is 15.0 Å². The van der Waals surface area contributed by atoms with E-state index in [1.54, 1.807) is 32.9 Å². The summed E-state index contributed by atoms with van der Waals surface area (Å²) in [6.07, 6.45) is 0. The van der Waals surface area contributed by atoms with Gasteiger partial charge in [0, 0.05) is 5.56 Å². The van der Waals surface area contributed by atoms with Crippen molar-refractivity contribution in [2.24, 2.45) is 0 Å². The average molecular weight is 291 g/mol. The van der Waals surface area contributed by atoms with Crippen LogP contribution in [-0.4, -0.2) is 22.9 Å². The molecule has 0 bridgehead atoms. The molecule has 0 saturated heterocycles. The lowest BCUT2D eigenvalue weighted by Crippen LogP contribution is -2.10. The van der Waals surface area contributed by atoms with Crippen LogP contribution < -0.4 is 11.2 Å². The second-order valence-electron chi connectivity index (χ2n) is 4.52. The number of aromatic nitrogens is 1. The van der Waals surface area contributed by atoms with E-state index in [1.807, 2.05) is 5.48 Å². The third-order valence-electron chi connectivity index (χ3n) is 3.10. The normalized spacial score (nSPS) is 10.5. The lowest BCUT2D eigenvalue weighted by molar-refractivity contribution is 0.0527. The first-order valence-corrected chi connectivity index (χ1v) is 6.43. The molecular formula is C14H17N3O4. The fourth-order valence-electron chi connectivity index (χ4n) is 2.20. The Bertz CT molecular complexity index is 660. The van der Waals surface area contributed by atoms with Gasteiger partial charge in [0.25, 0.3) is 0 Å². The van der Waals surface area contributed by atoms with E-state index in [1.165, 1.54) is 0 Å². The van der Waals surface area contributed by atoms with Crippen LogP contribution in [0.15, 0.2) is 16.7 Å². The summed E-state index contributed by atoms with van der Waals surface area (Å²) in [6, 6.07) is 3.22. The van der Waals surface area contributed by atoms with Gasteiger partial charge in [-0.3, -0.25) is 10.7 Å². The Balaban J connectivity index is 2.63. The van der Waals surface area contributed by atoms with Crippen molar-refractivity contribution in [3.63, 3.8) is 0 Å². The summed E-state index contributed by atoms with van der Waals surface area (Å²) in [5.74, 6) is 0.0424. The van der Waals surface area contributed by atoms with E-state index in [0.29, 0.717) is 17.0 Å². The van der Waals surface area contributed by atoms with Gasteiger partial charge in [-0.25, -0.2) is 4.79 Å². The molecule has 1 heterocycles. The summed E-state index contributed by atoms with van der Waals surface area (Å²) in [5.41, 5.74) is 10.4. The van der Waals surface area contributed by atoms with Crippen LogP contribution in [0.1, 0.15) is 28.7 Å². The quantitative estimate of drug-likeness (QED) is 0.451. The van der Waals surface area contributed by atoms with E-state index in [0.717, 1.165) is 5.56 Å². The number of ether oxygens (including phenoxy) is 1. The van der Waals surface area contributed by atoms with Crippen molar-refractivity contribution in [3.05, 3.63) is 29.2 Å². The number of carbonyl (C=O) groups is 1. The minimum Gasteiger partial charge on any atom is -0.462 e. The van der Waals surface area contributed by atoms with Gasteiger partial charge in [0.05, 0.1) is 29.2 Å². The number of anilines is 2. The topological polar surface area (TPSA) is 111 Å². The predicted molar refractivity (Wildman–Crippen MR) is 77.2 cm³/mol. The first kappa shape index (κ1) is 14.9. The fourth-order valence-corrected chi connectivity index (χ4v) is 2.20. The van der Waals surface area contributed by atoms with Crippen LogP contribution in [0.25, 0.3) is 11.1 Å². The highest BCUT2D eigenvalue weighted by atomic mass is 16.5. The van der Waals surface area contributed by atoms with Gasteiger partial charge < -0.3 is 15.0 Å². The molecule has 0 amide bonds. The first-order valence-electron chi connectivity index (χ1n) is 6.43. The average Bonchev–Trinajstić information content (AvgIpc) is 2.77. The minimum absolute atomic E-state index is 0.115. The monoisotopic (exact) mass is 291 g/mol. The molecule has 0 fully saturated rings. The summed E-state index contributed by atoms with van der Waals surface area (Å²) in [5, 5.41) is 13.1. The molecule has 2 rings (SSSR count). The van der Waals surface area contributed by atoms with E-state index < -0.39 is 5.97 Å². The van der Waals surface area contributed by atoms with Gasteiger partial charge in [-0.1, -0.05) is 5.16 Å². The zero-order valence-electron chi connectivity index (χ0n) is 12.1. The Morgan fingerprint density at radius 2 is 2.19 bits per heavy atom. The summed E-state index contributed by atoms with van der Waals surface area (Å²) in [4.78, 5) is 12.0. The Kier molecular flexibility index (Phi) is 4.13. The highest BCUT2D eigenvalue weighted by Gasteiger charge is 2.20. The maximum absolute atomic E-state index is 12.0. The summed E-state index contributed by atoms with van der Waals surface area (Å²) < 4.78 is 10.1. The van der Waals surface area contributed by atoms with Gasteiger partial charge in [0.2, 0.25) is 0 Å². The van der Waals surface area contributed by atoms with Gasteiger partial charge in [0.15, 0.2) is 0 Å². The maximum Gasteiger partial charge on any atom is 0.340 e. The number of nitrogen functional groups attached to an aromatic ring is 1. The number of esters is 1. The van der Waals surface area contributed by atoms with Crippen molar-refractivity contribution in [1.82, 2.24) is 5.16 Å². The third-order valence-corrected chi connectivity index (χ3v) is 3.10. The van der Waals surface area contributed by atoms with Gasteiger partial charge >= 0.3 is 5.97 Å². The Morgan fingerprint density at radius 1 is 1.48 bits per heavy atom. The van der Waals surface area contributed by atoms with Gasteiger partial charge in [-0.15, -0.1) is 0 Å². The third kappa shape index (κ3) is 2.68. The molecule has 2 aromatic rings. The lowest BCUT2D eigenvalue weighted by Gasteiger charge is -2.13. The smallest absolute Gasteiger partial charge is 0.340 e. The first-order chi connectivity index (χ1) is 9.99. The maximum atomic E-state index is 12.0. The van der Waals surface area contributed by atoms with E-state index in [9.17, 15) is 10.0 Å². The molecule has 0 aliphatic carbocycles. The number of hydrogen-bond donors (Lipinski definition) is 3. The van der Waals surface area contributed by atoms with Crippen molar-refractivity contribution in [2.75, 3.05) is 17.8 Å². The second-order valence-corrected chi connectivity index (χ2v) is 4.52. The molecule has 0 aliphatic heterocycles. The number of nitrogens with two attached hydrogens (primary N) is 1. The molecule has 4 N–H and O–H groups in total. The van der Waals surface area contributed by atoms with Gasteiger partial charge in [0.1, 0.15) is 5.76 Å². The van der Waals surface area contributed by atoms with Gasteiger partial charge in [-0.2, -0.15) is 0 Å². The number of hydrogen-bond acceptors (Lipinski definition) is 7. The van der Waals surface area contributed by atoms with Crippen LogP contribution in [0, 0.1) is 13.8 Å². The molecule has 0 aliphatic rings. The molecule has 0 saturated carbocycles. The minimum atomic E-state index is -0.575. The fraction of sp³-hybridized carbons (Fsp3) is 0.286. The van der Waals surface area contributed by atoms with E-state index >= 15 is 0 Å². The van der Waals surface area contributed by atoms with Crippen LogP contribution in [0.5, 0.6) is 0 Å². The number of nitrogens with one attached hydrogen (secondary N) is 1. The molecule has 0 spiro atoms. The van der Waals surface area contributed by atoms with E-state index in [-0.39, 0.29) is 23.5 Å². The number of nitrogens with zero attached hydrogens (tertiary/aromatic N) is 1. The lowest BCUT2D eigenvalue weighted by atomic mass is 9.99. The number of aryl methyl sites for hydroxylation is 2. The largest absolute Gasteiger partial charge is 0.462 e. The van der Waals surface area contributed by atoms with Crippen LogP contribution in [0.4, 0.5) is 11.4 Å². The van der Waals surface area contributed by atoms with Crippen LogP contribution >= 0.6 is 0 Å². The van der Waals surface area contributed by atoms with Crippen molar-refractivity contribution in [1.29, 1.82) is 0 Å². The van der Waals surface area contributed by atoms with Crippen LogP contribution in [0.3, 0.4) is 0 Å². The van der Waals surface area contributed by atoms with Crippen molar-refractivity contribution in [2.45, 2.75) is 20.8 Å². The highest BCUT2D eigenvalue weighted by Crippen LogP contribution is 2.34. The standard InChI is InChI=1S/C14H17N3O4/c1-4-20-14(18)10-5-9(6-11(15)13(10)16-19)12-7(2)17-21-8(12)3/h5-6,16,19H,4,15H2,1-3H3. The molecule has 7 nitrogen and oxygen atoms in total. The molecule has 1 aromatic carbocycles. The molecule has 21 heavy (non-hydrogen) atoms.